The van der Waals surface area contributed by atoms with Crippen LogP contribution in [0.1, 0.15) is 30.9 Å². The third kappa shape index (κ3) is 2.77. The number of nitrogens with one attached hydrogen (secondary N) is 1. The normalized spacial score (nSPS) is 17.2. The maximum Gasteiger partial charge on any atom is 0.133 e. The van der Waals surface area contributed by atoms with Crippen LogP contribution in [-0.4, -0.2) is 14.2 Å². The molecule has 16 heavy (non-hydrogen) atoms. The van der Waals surface area contributed by atoms with E-state index in [-0.39, 0.29) is 0 Å². The van der Waals surface area contributed by atoms with E-state index >= 15 is 0 Å². The van der Waals surface area contributed by atoms with Crippen LogP contribution in [0, 0.1) is 5.92 Å². The van der Waals surface area contributed by atoms with Gasteiger partial charge in [-0.3, -0.25) is 0 Å². The number of rotatable bonds is 5. The summed E-state index contributed by atoms with van der Waals surface area (Å²) in [6.07, 6.45) is 4.04. The fraction of sp³-hybridized carbons (Fsp3) is 0.538. The smallest absolute Gasteiger partial charge is 0.133 e. The number of benzene rings is 1. The molecule has 1 aromatic rings. The van der Waals surface area contributed by atoms with Gasteiger partial charge in [0.1, 0.15) is 5.75 Å². The van der Waals surface area contributed by atoms with Crippen molar-refractivity contribution in [2.75, 3.05) is 14.2 Å². The zero-order valence-electron chi connectivity index (χ0n) is 9.79. The molecule has 1 aromatic carbocycles. The molecule has 0 spiro atoms. The van der Waals surface area contributed by atoms with Gasteiger partial charge in [-0.15, -0.1) is 0 Å². The number of hydrogen-bond donors (Lipinski definition) is 1. The summed E-state index contributed by atoms with van der Waals surface area (Å²) in [6, 6.07) is 6.79. The van der Waals surface area contributed by atoms with Gasteiger partial charge in [0.25, 0.3) is 0 Å². The summed E-state index contributed by atoms with van der Waals surface area (Å²) in [5, 5.41) is 3.39. The van der Waals surface area contributed by atoms with Gasteiger partial charge in [-0.25, -0.2) is 0 Å². The molecule has 1 N–H and O–H groups in total. The highest BCUT2D eigenvalue weighted by Crippen LogP contribution is 2.38. The maximum atomic E-state index is 5.24. The average molecular weight is 284 g/mol. The summed E-state index contributed by atoms with van der Waals surface area (Å²) in [4.78, 5) is 0. The molecule has 0 amide bonds. The topological polar surface area (TPSA) is 21.3 Å². The van der Waals surface area contributed by atoms with E-state index in [0.717, 1.165) is 16.1 Å². The second-order valence-corrected chi connectivity index (χ2v) is 5.27. The second kappa shape index (κ2) is 5.19. The van der Waals surface area contributed by atoms with Crippen LogP contribution in [0.25, 0.3) is 0 Å². The standard InChI is InChI=1S/C13H18BrNO/c1-15-12(7-9-3-4-9)10-5-6-13(16-2)11(14)8-10/h5-6,8-9,12,15H,3-4,7H2,1-2H3. The molecular weight excluding hydrogens is 266 g/mol. The molecule has 1 unspecified atom stereocenters. The molecular formula is C13H18BrNO. The monoisotopic (exact) mass is 283 g/mol. The predicted molar refractivity (Wildman–Crippen MR) is 69.8 cm³/mol. The first-order chi connectivity index (χ1) is 7.74. The van der Waals surface area contributed by atoms with E-state index in [4.69, 9.17) is 4.74 Å². The molecule has 1 saturated carbocycles. The molecule has 1 aliphatic carbocycles. The molecule has 0 heterocycles. The molecule has 0 bridgehead atoms. The van der Waals surface area contributed by atoms with Crippen LogP contribution in [0.15, 0.2) is 22.7 Å². The Labute approximate surface area is 106 Å². The third-order valence-corrected chi connectivity index (χ3v) is 3.81. The minimum Gasteiger partial charge on any atom is -0.496 e. The summed E-state index contributed by atoms with van der Waals surface area (Å²) in [5.74, 6) is 1.82. The fourth-order valence-electron chi connectivity index (χ4n) is 2.01. The SMILES string of the molecule is CNC(CC1CC1)c1ccc(OC)c(Br)c1. The Kier molecular flexibility index (Phi) is 3.87. The molecule has 3 heteroatoms. The van der Waals surface area contributed by atoms with Crippen molar-refractivity contribution in [3.8, 4) is 5.75 Å². The first-order valence-corrected chi connectivity index (χ1v) is 6.54. The van der Waals surface area contributed by atoms with Crippen molar-refractivity contribution in [1.82, 2.24) is 5.32 Å². The molecule has 2 nitrogen and oxygen atoms in total. The van der Waals surface area contributed by atoms with E-state index in [9.17, 15) is 0 Å². The van der Waals surface area contributed by atoms with E-state index in [0.29, 0.717) is 6.04 Å². The van der Waals surface area contributed by atoms with Crippen LogP contribution in [0.3, 0.4) is 0 Å². The Hall–Kier alpha value is -0.540. The zero-order valence-corrected chi connectivity index (χ0v) is 11.4. The van der Waals surface area contributed by atoms with Gasteiger partial charge in [0.15, 0.2) is 0 Å². The van der Waals surface area contributed by atoms with Crippen LogP contribution in [-0.2, 0) is 0 Å². The number of ether oxygens (including phenoxy) is 1. The van der Waals surface area contributed by atoms with Crippen molar-refractivity contribution in [3.05, 3.63) is 28.2 Å². The van der Waals surface area contributed by atoms with Crippen LogP contribution in [0.4, 0.5) is 0 Å². The molecule has 1 aliphatic rings. The fourth-order valence-corrected chi connectivity index (χ4v) is 2.57. The maximum absolute atomic E-state index is 5.24. The van der Waals surface area contributed by atoms with E-state index in [1.165, 1.54) is 24.8 Å². The van der Waals surface area contributed by atoms with Gasteiger partial charge in [0.2, 0.25) is 0 Å². The Bertz CT molecular complexity index is 363. The molecule has 0 aromatic heterocycles. The third-order valence-electron chi connectivity index (χ3n) is 3.19. The molecule has 0 saturated heterocycles. The van der Waals surface area contributed by atoms with E-state index in [1.807, 2.05) is 13.1 Å². The number of methoxy groups -OCH3 is 1. The Morgan fingerprint density at radius 3 is 2.75 bits per heavy atom. The summed E-state index contributed by atoms with van der Waals surface area (Å²) in [7, 11) is 3.73. The summed E-state index contributed by atoms with van der Waals surface area (Å²) in [6.45, 7) is 0. The van der Waals surface area contributed by atoms with Gasteiger partial charge in [-0.2, -0.15) is 0 Å². The van der Waals surface area contributed by atoms with E-state index in [1.54, 1.807) is 7.11 Å². The van der Waals surface area contributed by atoms with Gasteiger partial charge in [0.05, 0.1) is 11.6 Å². The van der Waals surface area contributed by atoms with Crippen LogP contribution < -0.4 is 10.1 Å². The quantitative estimate of drug-likeness (QED) is 0.893. The molecule has 88 valence electrons. The van der Waals surface area contributed by atoms with Crippen LogP contribution in [0.2, 0.25) is 0 Å². The molecule has 1 atom stereocenters. The zero-order chi connectivity index (χ0) is 11.5. The van der Waals surface area contributed by atoms with Gasteiger partial charge < -0.3 is 10.1 Å². The molecule has 0 radical (unpaired) electrons. The van der Waals surface area contributed by atoms with E-state index in [2.05, 4.69) is 33.4 Å². The van der Waals surface area contributed by atoms with Crippen molar-refractivity contribution in [2.24, 2.45) is 5.92 Å². The minimum atomic E-state index is 0.467. The lowest BCUT2D eigenvalue weighted by Crippen LogP contribution is -2.16. The average Bonchev–Trinajstić information content (AvgIpc) is 3.09. The lowest BCUT2D eigenvalue weighted by molar-refractivity contribution is 0.411. The summed E-state index contributed by atoms with van der Waals surface area (Å²) in [5.41, 5.74) is 1.34. The molecule has 0 aliphatic heterocycles. The predicted octanol–water partition coefficient (Wildman–Crippen LogP) is 3.52. The lowest BCUT2D eigenvalue weighted by Gasteiger charge is -2.17. The number of hydrogen-bond acceptors (Lipinski definition) is 2. The summed E-state index contributed by atoms with van der Waals surface area (Å²) >= 11 is 3.53. The highest BCUT2D eigenvalue weighted by molar-refractivity contribution is 9.10. The first-order valence-electron chi connectivity index (χ1n) is 5.75. The van der Waals surface area contributed by atoms with Crippen molar-refractivity contribution in [1.29, 1.82) is 0 Å². The van der Waals surface area contributed by atoms with Crippen molar-refractivity contribution < 1.29 is 4.74 Å². The van der Waals surface area contributed by atoms with Gasteiger partial charge in [-0.1, -0.05) is 18.9 Å². The van der Waals surface area contributed by atoms with Gasteiger partial charge in [0, 0.05) is 6.04 Å². The Morgan fingerprint density at radius 2 is 2.25 bits per heavy atom. The Morgan fingerprint density at radius 1 is 1.50 bits per heavy atom. The molecule has 1 fully saturated rings. The highest BCUT2D eigenvalue weighted by atomic mass is 79.9. The van der Waals surface area contributed by atoms with Crippen LogP contribution >= 0.6 is 15.9 Å². The minimum absolute atomic E-state index is 0.467. The first kappa shape index (κ1) is 11.9. The lowest BCUT2D eigenvalue weighted by atomic mass is 10.0. The second-order valence-electron chi connectivity index (χ2n) is 4.41. The van der Waals surface area contributed by atoms with Crippen molar-refractivity contribution in [2.45, 2.75) is 25.3 Å². The molecule has 2 rings (SSSR count). The van der Waals surface area contributed by atoms with Crippen molar-refractivity contribution >= 4 is 15.9 Å². The van der Waals surface area contributed by atoms with Gasteiger partial charge >= 0.3 is 0 Å². The number of halogens is 1. The Balaban J connectivity index is 2.13. The largest absolute Gasteiger partial charge is 0.496 e. The van der Waals surface area contributed by atoms with Gasteiger partial charge in [-0.05, 0) is 53.0 Å². The van der Waals surface area contributed by atoms with E-state index < -0.39 is 0 Å². The van der Waals surface area contributed by atoms with Crippen molar-refractivity contribution in [3.63, 3.8) is 0 Å². The highest BCUT2D eigenvalue weighted by Gasteiger charge is 2.25. The summed E-state index contributed by atoms with van der Waals surface area (Å²) < 4.78 is 6.27. The van der Waals surface area contributed by atoms with Crippen LogP contribution in [0.5, 0.6) is 5.75 Å².